The number of rotatable bonds is 12. The largest absolute Gasteiger partial charge is 0.458 e. The van der Waals surface area contributed by atoms with Crippen molar-refractivity contribution in [2.24, 2.45) is 5.41 Å². The van der Waals surface area contributed by atoms with Crippen molar-refractivity contribution < 1.29 is 23.5 Å². The number of nitrogens with one attached hydrogen (secondary N) is 1. The first kappa shape index (κ1) is 30.4. The molecule has 1 aliphatic rings. The number of benzene rings is 3. The Bertz CT molecular complexity index is 1540. The molecule has 0 saturated carbocycles. The topological polar surface area (TPSA) is 72.5 Å². The molecule has 0 fully saturated rings. The van der Waals surface area contributed by atoms with Crippen LogP contribution in [0.4, 0.5) is 10.1 Å². The number of anilines is 1. The monoisotopic (exact) mass is 565 g/mol. The van der Waals surface area contributed by atoms with Gasteiger partial charge in [0.25, 0.3) is 5.91 Å². The Morgan fingerprint density at radius 3 is 2.38 bits per heavy atom. The zero-order chi connectivity index (χ0) is 30.1. The van der Waals surface area contributed by atoms with E-state index in [4.69, 9.17) is 4.74 Å². The molecule has 1 unspecified atom stereocenters. The van der Waals surface area contributed by atoms with E-state index in [-0.39, 0.29) is 29.3 Å². The van der Waals surface area contributed by atoms with E-state index in [1.807, 2.05) is 25.1 Å². The van der Waals surface area contributed by atoms with Gasteiger partial charge in [0.1, 0.15) is 12.4 Å². The van der Waals surface area contributed by atoms with Crippen LogP contribution in [0.5, 0.6) is 0 Å². The molecule has 0 spiro atoms. The van der Waals surface area contributed by atoms with Crippen LogP contribution in [-0.2, 0) is 16.0 Å². The maximum atomic E-state index is 13.9. The molecule has 0 aliphatic heterocycles. The van der Waals surface area contributed by atoms with Crippen LogP contribution in [0.15, 0.2) is 103 Å². The van der Waals surface area contributed by atoms with Gasteiger partial charge in [-0.25, -0.2) is 9.18 Å². The van der Waals surface area contributed by atoms with Crippen LogP contribution < -0.4 is 5.32 Å². The Labute approximate surface area is 246 Å². The van der Waals surface area contributed by atoms with Crippen molar-refractivity contribution in [1.82, 2.24) is 0 Å². The molecule has 0 bridgehead atoms. The van der Waals surface area contributed by atoms with Crippen molar-refractivity contribution in [2.45, 2.75) is 46.0 Å². The smallest absolute Gasteiger partial charge is 0.334 e. The van der Waals surface area contributed by atoms with Crippen LogP contribution in [0.25, 0.3) is 5.57 Å². The van der Waals surface area contributed by atoms with Crippen molar-refractivity contribution >= 4 is 28.9 Å². The van der Waals surface area contributed by atoms with E-state index >= 15 is 0 Å². The minimum atomic E-state index is -0.598. The summed E-state index contributed by atoms with van der Waals surface area (Å²) in [5.74, 6) is -1.59. The van der Waals surface area contributed by atoms with Gasteiger partial charge in [-0.3, -0.25) is 9.59 Å². The van der Waals surface area contributed by atoms with Crippen LogP contribution >= 0.6 is 0 Å². The summed E-state index contributed by atoms with van der Waals surface area (Å²) in [6, 6.07) is 20.4. The highest BCUT2D eigenvalue weighted by atomic mass is 19.1. The minimum absolute atomic E-state index is 0.0486. The average Bonchev–Trinajstić information content (AvgIpc) is 3.40. The molecule has 1 atom stereocenters. The highest BCUT2D eigenvalue weighted by molar-refractivity contribution is 6.09. The van der Waals surface area contributed by atoms with Crippen molar-refractivity contribution in [3.05, 3.63) is 131 Å². The number of hydrogen-bond acceptors (Lipinski definition) is 4. The summed E-state index contributed by atoms with van der Waals surface area (Å²) in [7, 11) is 0. The Balaban J connectivity index is 1.50. The van der Waals surface area contributed by atoms with Crippen LogP contribution in [0, 0.1) is 11.2 Å². The second kappa shape index (κ2) is 13.9. The van der Waals surface area contributed by atoms with Crippen molar-refractivity contribution in [3.63, 3.8) is 0 Å². The number of esters is 1. The molecular formula is C36H36FNO4. The van der Waals surface area contributed by atoms with E-state index in [2.05, 4.69) is 31.0 Å². The third kappa shape index (κ3) is 7.38. The quantitative estimate of drug-likeness (QED) is 0.104. The third-order valence-electron chi connectivity index (χ3n) is 7.59. The molecule has 0 heterocycles. The molecule has 0 radical (unpaired) electrons. The summed E-state index contributed by atoms with van der Waals surface area (Å²) in [4.78, 5) is 38.1. The van der Waals surface area contributed by atoms with Gasteiger partial charge in [-0.2, -0.15) is 0 Å². The lowest BCUT2D eigenvalue weighted by molar-refractivity contribution is -0.137. The minimum Gasteiger partial charge on any atom is -0.458 e. The molecule has 1 amide bonds. The maximum Gasteiger partial charge on any atom is 0.334 e. The van der Waals surface area contributed by atoms with E-state index < -0.39 is 11.7 Å². The van der Waals surface area contributed by atoms with Gasteiger partial charge in [-0.1, -0.05) is 68.5 Å². The lowest BCUT2D eigenvalue weighted by Crippen LogP contribution is -2.19. The summed E-state index contributed by atoms with van der Waals surface area (Å²) in [6.07, 6.45) is 9.54. The number of ether oxygens (including phenoxy) is 1. The third-order valence-corrected chi connectivity index (χ3v) is 7.59. The van der Waals surface area contributed by atoms with E-state index in [1.165, 1.54) is 18.2 Å². The molecule has 3 aromatic carbocycles. The highest BCUT2D eigenvalue weighted by Crippen LogP contribution is 2.44. The first-order valence-corrected chi connectivity index (χ1v) is 14.2. The second-order valence-electron chi connectivity index (χ2n) is 10.7. The molecule has 6 heteroatoms. The van der Waals surface area contributed by atoms with Crippen LogP contribution in [0.1, 0.15) is 71.4 Å². The fraction of sp³-hybridized carbons (Fsp3) is 0.250. The zero-order valence-electron chi connectivity index (χ0n) is 24.1. The lowest BCUT2D eigenvalue weighted by Gasteiger charge is -2.28. The lowest BCUT2D eigenvalue weighted by atomic mass is 9.76. The summed E-state index contributed by atoms with van der Waals surface area (Å²) >= 11 is 0. The summed E-state index contributed by atoms with van der Waals surface area (Å²) in [6.45, 7) is 7.89. The molecule has 4 rings (SSSR count). The van der Waals surface area contributed by atoms with Gasteiger partial charge >= 0.3 is 5.97 Å². The number of halogens is 1. The van der Waals surface area contributed by atoms with E-state index in [0.29, 0.717) is 17.7 Å². The van der Waals surface area contributed by atoms with E-state index in [1.54, 1.807) is 42.5 Å². The number of allylic oxidation sites excluding steroid dienone is 3. The number of ketones is 1. The second-order valence-corrected chi connectivity index (χ2v) is 10.7. The van der Waals surface area contributed by atoms with Crippen molar-refractivity contribution in [1.29, 1.82) is 0 Å². The van der Waals surface area contributed by atoms with Crippen LogP contribution in [0.3, 0.4) is 0 Å². The Morgan fingerprint density at radius 1 is 1.00 bits per heavy atom. The highest BCUT2D eigenvalue weighted by Gasteiger charge is 2.35. The summed E-state index contributed by atoms with van der Waals surface area (Å²) in [5, 5.41) is 2.66. The fourth-order valence-corrected chi connectivity index (χ4v) is 5.57. The number of hydrogen-bond donors (Lipinski definition) is 1. The van der Waals surface area contributed by atoms with Gasteiger partial charge in [-0.05, 0) is 97.2 Å². The number of carbonyl (C=O) groups excluding carboxylic acids is 3. The molecule has 0 aromatic heterocycles. The Morgan fingerprint density at radius 2 is 1.69 bits per heavy atom. The molecular weight excluding hydrogens is 529 g/mol. The standard InChI is InChI=1S/C36H36FNO4/c1-4-19-36(20-18-28(24-36)35(41)42-21-5-2)23-27-10-6-7-11-30(27)25(3)22-33(39)26-14-16-29(17-15-26)38-34(40)31-12-8-9-13-32(31)37/h5-17,22,24H,2,4,18-21,23H2,1,3H3,(H,38,40)/b25-22-. The maximum absolute atomic E-state index is 13.9. The number of carbonyl (C=O) groups is 3. The normalized spacial score (nSPS) is 16.5. The predicted octanol–water partition coefficient (Wildman–Crippen LogP) is 8.14. The number of amides is 1. The van der Waals surface area contributed by atoms with Gasteiger partial charge in [0.2, 0.25) is 0 Å². The molecule has 5 nitrogen and oxygen atoms in total. The van der Waals surface area contributed by atoms with Gasteiger partial charge < -0.3 is 10.1 Å². The molecule has 1 N–H and O–H groups in total. The molecule has 42 heavy (non-hydrogen) atoms. The zero-order valence-corrected chi connectivity index (χ0v) is 24.1. The molecule has 0 saturated heterocycles. The van der Waals surface area contributed by atoms with Gasteiger partial charge in [0, 0.05) is 16.8 Å². The van der Waals surface area contributed by atoms with Gasteiger partial charge in [-0.15, -0.1) is 0 Å². The molecule has 1 aliphatic carbocycles. The van der Waals surface area contributed by atoms with Crippen LogP contribution in [-0.4, -0.2) is 24.3 Å². The fourth-order valence-electron chi connectivity index (χ4n) is 5.57. The Hall–Kier alpha value is -4.58. The molecule has 3 aromatic rings. The predicted molar refractivity (Wildman–Crippen MR) is 165 cm³/mol. The van der Waals surface area contributed by atoms with Crippen molar-refractivity contribution in [2.75, 3.05) is 11.9 Å². The Kier molecular flexibility index (Phi) is 10.0. The average molecular weight is 566 g/mol. The first-order valence-electron chi connectivity index (χ1n) is 14.2. The van der Waals surface area contributed by atoms with Gasteiger partial charge in [0.15, 0.2) is 5.78 Å². The van der Waals surface area contributed by atoms with Gasteiger partial charge in [0.05, 0.1) is 5.56 Å². The van der Waals surface area contributed by atoms with E-state index in [9.17, 15) is 18.8 Å². The summed E-state index contributed by atoms with van der Waals surface area (Å²) in [5.41, 5.74) is 4.41. The SMILES string of the molecule is C=CCOC(=O)C1=CC(CCC)(Cc2ccccc2/C(C)=C\C(=O)c2ccc(NC(=O)c3ccccc3F)cc2)CC1. The van der Waals surface area contributed by atoms with Crippen molar-refractivity contribution in [3.8, 4) is 0 Å². The van der Waals surface area contributed by atoms with Crippen LogP contribution in [0.2, 0.25) is 0 Å². The first-order chi connectivity index (χ1) is 20.2. The van der Waals surface area contributed by atoms with E-state index in [0.717, 1.165) is 48.0 Å². The summed E-state index contributed by atoms with van der Waals surface area (Å²) < 4.78 is 19.2. The molecule has 216 valence electrons.